The Labute approximate surface area is 221 Å². The van der Waals surface area contributed by atoms with Gasteiger partial charge in [-0.3, -0.25) is 4.79 Å². The number of amides is 1. The van der Waals surface area contributed by atoms with Gasteiger partial charge in [-0.05, 0) is 104 Å². The number of esters is 1. The number of carbonyl (C=O) groups excluding carboxylic acids is 2. The van der Waals surface area contributed by atoms with Crippen molar-refractivity contribution in [1.82, 2.24) is 0 Å². The van der Waals surface area contributed by atoms with Gasteiger partial charge in [0.1, 0.15) is 5.00 Å². The number of hydrogen-bond donors (Lipinski definition) is 2. The van der Waals surface area contributed by atoms with E-state index in [2.05, 4.69) is 53.1 Å². The predicted octanol–water partition coefficient (Wildman–Crippen LogP) is 6.96. The molecule has 0 spiro atoms. The van der Waals surface area contributed by atoms with Gasteiger partial charge in [0.2, 0.25) is 0 Å². The molecule has 190 valence electrons. The topological polar surface area (TPSA) is 67.4 Å². The van der Waals surface area contributed by atoms with Crippen LogP contribution in [0.3, 0.4) is 0 Å². The Hall–Kier alpha value is -3.12. The van der Waals surface area contributed by atoms with Gasteiger partial charge in [-0.25, -0.2) is 4.79 Å². The number of thiophene rings is 1. The molecule has 3 aliphatic carbocycles. The quantitative estimate of drug-likeness (QED) is 0.371. The first-order chi connectivity index (χ1) is 18.1. The smallest absolute Gasteiger partial charge is 0.341 e. The van der Waals surface area contributed by atoms with Gasteiger partial charge < -0.3 is 15.4 Å². The highest BCUT2D eigenvalue weighted by atomic mass is 32.1. The average molecular weight is 513 g/mol. The van der Waals surface area contributed by atoms with Crippen LogP contribution in [0.1, 0.15) is 86.3 Å². The normalized spacial score (nSPS) is 27.0. The van der Waals surface area contributed by atoms with Gasteiger partial charge in [-0.15, -0.1) is 11.3 Å². The number of anilines is 2. The van der Waals surface area contributed by atoms with E-state index in [1.54, 1.807) is 0 Å². The molecule has 2 fully saturated rings. The number of rotatable bonds is 4. The van der Waals surface area contributed by atoms with Crippen LogP contribution in [0.4, 0.5) is 10.7 Å². The van der Waals surface area contributed by atoms with Gasteiger partial charge in [-0.1, -0.05) is 30.3 Å². The van der Waals surface area contributed by atoms with E-state index < -0.39 is 0 Å². The SMILES string of the molecule is COC(=O)c1c(NC(=O)c2ccc3c(c2)C2C4CCC(C4)C2C(c2ccccc2)N3)sc2c1CCCC2. The Balaban J connectivity index is 1.22. The molecule has 0 radical (unpaired) electrons. The minimum absolute atomic E-state index is 0.156. The second-order valence-electron chi connectivity index (χ2n) is 11.1. The zero-order valence-corrected chi connectivity index (χ0v) is 21.9. The van der Waals surface area contributed by atoms with Crippen molar-refractivity contribution in [3.8, 4) is 0 Å². The molecule has 4 aliphatic rings. The summed E-state index contributed by atoms with van der Waals surface area (Å²) >= 11 is 1.54. The standard InChI is InChI=1S/C31H32N2O3S/c1-36-31(35)27-21-9-5-6-10-24(21)37-30(27)33-29(34)20-13-14-23-22(16-20)25-18-11-12-19(15-18)26(25)28(32-23)17-7-3-2-4-8-17/h2-4,7-8,13-14,16,18-19,25-26,28,32H,5-6,9-12,15H2,1H3,(H,33,34). The monoisotopic (exact) mass is 512 g/mol. The van der Waals surface area contributed by atoms with Gasteiger partial charge >= 0.3 is 5.97 Å². The number of ether oxygens (including phenoxy) is 1. The lowest BCUT2D eigenvalue weighted by molar-refractivity contribution is 0.0601. The maximum absolute atomic E-state index is 13.5. The van der Waals surface area contributed by atoms with E-state index in [9.17, 15) is 9.59 Å². The average Bonchev–Trinajstić information content (AvgIpc) is 3.66. The van der Waals surface area contributed by atoms with Crippen molar-refractivity contribution in [2.75, 3.05) is 17.7 Å². The number of methoxy groups -OCH3 is 1. The van der Waals surface area contributed by atoms with Crippen LogP contribution in [0, 0.1) is 17.8 Å². The van der Waals surface area contributed by atoms with E-state index in [-0.39, 0.29) is 11.9 Å². The first kappa shape index (κ1) is 23.0. The molecule has 5 nitrogen and oxygen atoms in total. The van der Waals surface area contributed by atoms with Gasteiger partial charge in [-0.2, -0.15) is 0 Å². The molecule has 3 aromatic rings. The van der Waals surface area contributed by atoms with E-state index in [0.29, 0.717) is 39.9 Å². The molecule has 5 unspecified atom stereocenters. The van der Waals surface area contributed by atoms with Crippen molar-refractivity contribution >= 4 is 33.9 Å². The van der Waals surface area contributed by atoms with Gasteiger partial charge in [0.25, 0.3) is 5.91 Å². The Morgan fingerprint density at radius 1 is 1.03 bits per heavy atom. The summed E-state index contributed by atoms with van der Waals surface area (Å²) in [5, 5.41) is 7.58. The summed E-state index contributed by atoms with van der Waals surface area (Å²) in [7, 11) is 1.41. The lowest BCUT2D eigenvalue weighted by Gasteiger charge is -2.43. The molecule has 7 rings (SSSR count). The van der Waals surface area contributed by atoms with Crippen LogP contribution in [-0.4, -0.2) is 19.0 Å². The lowest BCUT2D eigenvalue weighted by Crippen LogP contribution is -2.35. The van der Waals surface area contributed by atoms with Crippen LogP contribution in [0.25, 0.3) is 0 Å². The number of aryl methyl sites for hydroxylation is 1. The minimum atomic E-state index is -0.360. The Bertz CT molecular complexity index is 1380. The van der Waals surface area contributed by atoms with E-state index in [4.69, 9.17) is 4.74 Å². The lowest BCUT2D eigenvalue weighted by atomic mass is 9.68. The number of hydrogen-bond acceptors (Lipinski definition) is 5. The third-order valence-electron chi connectivity index (χ3n) is 9.30. The van der Waals surface area contributed by atoms with Crippen molar-refractivity contribution in [3.63, 3.8) is 0 Å². The molecule has 1 aromatic heterocycles. The highest BCUT2D eigenvalue weighted by Crippen LogP contribution is 2.63. The zero-order chi connectivity index (χ0) is 25.1. The Kier molecular flexibility index (Phi) is 5.61. The summed E-state index contributed by atoms with van der Waals surface area (Å²) in [6, 6.07) is 17.3. The molecular weight excluding hydrogens is 480 g/mol. The van der Waals surface area contributed by atoms with Gasteiger partial charge in [0.05, 0.1) is 18.7 Å². The van der Waals surface area contributed by atoms with Crippen LogP contribution in [0.2, 0.25) is 0 Å². The summed E-state index contributed by atoms with van der Waals surface area (Å²) in [6.07, 6.45) is 7.89. The van der Waals surface area contributed by atoms with Crippen LogP contribution >= 0.6 is 11.3 Å². The fourth-order valence-corrected chi connectivity index (χ4v) is 9.04. The Morgan fingerprint density at radius 2 is 1.84 bits per heavy atom. The summed E-state index contributed by atoms with van der Waals surface area (Å²) in [4.78, 5) is 27.4. The second kappa shape index (κ2) is 9.02. The summed E-state index contributed by atoms with van der Waals surface area (Å²) in [6.45, 7) is 0. The van der Waals surface area contributed by atoms with Crippen molar-refractivity contribution in [1.29, 1.82) is 0 Å². The van der Waals surface area contributed by atoms with E-state index in [0.717, 1.165) is 42.9 Å². The van der Waals surface area contributed by atoms with Crippen molar-refractivity contribution < 1.29 is 14.3 Å². The highest BCUT2D eigenvalue weighted by molar-refractivity contribution is 7.17. The summed E-state index contributed by atoms with van der Waals surface area (Å²) in [5.41, 5.74) is 6.06. The third-order valence-corrected chi connectivity index (χ3v) is 10.5. The van der Waals surface area contributed by atoms with Crippen LogP contribution in [-0.2, 0) is 17.6 Å². The van der Waals surface area contributed by atoms with Gasteiger partial charge in [0, 0.05) is 16.1 Å². The highest BCUT2D eigenvalue weighted by Gasteiger charge is 2.53. The molecule has 2 saturated carbocycles. The molecule has 2 aromatic carbocycles. The number of fused-ring (bicyclic) bond motifs is 8. The van der Waals surface area contributed by atoms with E-state index in [1.807, 2.05) is 6.07 Å². The first-order valence-electron chi connectivity index (χ1n) is 13.6. The number of carbonyl (C=O) groups is 2. The molecule has 5 atom stereocenters. The Morgan fingerprint density at radius 3 is 2.68 bits per heavy atom. The maximum Gasteiger partial charge on any atom is 0.341 e. The first-order valence-corrected chi connectivity index (χ1v) is 14.4. The fourth-order valence-electron chi connectivity index (χ4n) is 7.76. The molecule has 1 aliphatic heterocycles. The molecule has 2 heterocycles. The molecule has 0 saturated heterocycles. The number of benzene rings is 2. The summed E-state index contributed by atoms with van der Waals surface area (Å²) < 4.78 is 5.09. The molecule has 37 heavy (non-hydrogen) atoms. The number of nitrogens with one attached hydrogen (secondary N) is 2. The molecule has 2 N–H and O–H groups in total. The maximum atomic E-state index is 13.5. The molecule has 6 heteroatoms. The van der Waals surface area contributed by atoms with Crippen LogP contribution < -0.4 is 10.6 Å². The molecule has 2 bridgehead atoms. The van der Waals surface area contributed by atoms with E-state index in [1.165, 1.54) is 53.7 Å². The second-order valence-corrected chi connectivity index (χ2v) is 12.2. The van der Waals surface area contributed by atoms with E-state index >= 15 is 0 Å². The zero-order valence-electron chi connectivity index (χ0n) is 21.1. The van der Waals surface area contributed by atoms with Gasteiger partial charge in [0.15, 0.2) is 0 Å². The molecule has 1 amide bonds. The fraction of sp³-hybridized carbons (Fsp3) is 0.419. The third kappa shape index (κ3) is 3.71. The predicted molar refractivity (Wildman–Crippen MR) is 147 cm³/mol. The largest absolute Gasteiger partial charge is 0.465 e. The molecular formula is C31H32N2O3S. The summed E-state index contributed by atoms with van der Waals surface area (Å²) in [5.74, 6) is 1.95. The van der Waals surface area contributed by atoms with Crippen LogP contribution in [0.5, 0.6) is 0 Å². The van der Waals surface area contributed by atoms with Crippen LogP contribution in [0.15, 0.2) is 48.5 Å². The van der Waals surface area contributed by atoms with Crippen molar-refractivity contribution in [2.24, 2.45) is 17.8 Å². The van der Waals surface area contributed by atoms with Crippen molar-refractivity contribution in [2.45, 2.75) is 56.9 Å². The minimum Gasteiger partial charge on any atom is -0.465 e. The van der Waals surface area contributed by atoms with Crippen molar-refractivity contribution in [3.05, 3.63) is 81.2 Å².